The number of amides is 1. The highest BCUT2D eigenvalue weighted by Crippen LogP contribution is 2.23. The molecule has 3 atom stereocenters. The molecular formula is C15H23ClN2O2. The van der Waals surface area contributed by atoms with Gasteiger partial charge in [0.2, 0.25) is 5.91 Å². The lowest BCUT2D eigenvalue weighted by Crippen LogP contribution is -2.51. The quantitative estimate of drug-likeness (QED) is 0.892. The molecule has 0 radical (unpaired) electrons. The first kappa shape index (κ1) is 16.8. The first-order valence-corrected chi connectivity index (χ1v) is 6.88. The van der Waals surface area contributed by atoms with Crippen LogP contribution in [0, 0.1) is 5.92 Å². The lowest BCUT2D eigenvalue weighted by Gasteiger charge is -2.28. The summed E-state index contributed by atoms with van der Waals surface area (Å²) in [5, 5.41) is 2.99. The van der Waals surface area contributed by atoms with Crippen LogP contribution < -0.4 is 15.8 Å². The van der Waals surface area contributed by atoms with Gasteiger partial charge in [0.25, 0.3) is 0 Å². The summed E-state index contributed by atoms with van der Waals surface area (Å²) in [7, 11) is 0. The van der Waals surface area contributed by atoms with E-state index in [1.54, 1.807) is 0 Å². The van der Waals surface area contributed by atoms with Crippen LogP contribution >= 0.6 is 12.4 Å². The van der Waals surface area contributed by atoms with Crippen LogP contribution in [0.15, 0.2) is 24.3 Å². The molecule has 1 aliphatic rings. The van der Waals surface area contributed by atoms with Gasteiger partial charge in [0.15, 0.2) is 0 Å². The van der Waals surface area contributed by atoms with E-state index in [2.05, 4.69) is 5.32 Å². The number of para-hydroxylation sites is 1. The number of fused-ring (bicyclic) bond motifs is 1. The lowest BCUT2D eigenvalue weighted by atomic mass is 9.98. The van der Waals surface area contributed by atoms with Gasteiger partial charge in [0.1, 0.15) is 12.4 Å². The average Bonchev–Trinajstić information content (AvgIpc) is 2.45. The number of benzene rings is 1. The fourth-order valence-electron chi connectivity index (χ4n) is 2.23. The zero-order valence-electron chi connectivity index (χ0n) is 12.0. The molecule has 1 heterocycles. The van der Waals surface area contributed by atoms with Crippen LogP contribution in [0.25, 0.3) is 0 Å². The Balaban J connectivity index is 0.00000200. The minimum Gasteiger partial charge on any atom is -0.491 e. The zero-order valence-corrected chi connectivity index (χ0v) is 12.8. The van der Waals surface area contributed by atoms with Crippen molar-refractivity contribution < 1.29 is 9.53 Å². The molecule has 20 heavy (non-hydrogen) atoms. The zero-order chi connectivity index (χ0) is 13.8. The molecular weight excluding hydrogens is 276 g/mol. The molecule has 1 amide bonds. The largest absolute Gasteiger partial charge is 0.491 e. The Morgan fingerprint density at radius 1 is 1.50 bits per heavy atom. The molecule has 0 aromatic heterocycles. The van der Waals surface area contributed by atoms with E-state index >= 15 is 0 Å². The molecule has 112 valence electrons. The Morgan fingerprint density at radius 2 is 2.20 bits per heavy atom. The Hall–Kier alpha value is -1.26. The third-order valence-corrected chi connectivity index (χ3v) is 3.79. The van der Waals surface area contributed by atoms with Gasteiger partial charge in [-0.3, -0.25) is 4.79 Å². The molecule has 1 aliphatic heterocycles. The minimum absolute atomic E-state index is 0. The summed E-state index contributed by atoms with van der Waals surface area (Å²) >= 11 is 0. The van der Waals surface area contributed by atoms with Crippen molar-refractivity contribution in [3.05, 3.63) is 29.8 Å². The molecule has 3 N–H and O–H groups in total. The summed E-state index contributed by atoms with van der Waals surface area (Å²) in [5.41, 5.74) is 7.07. The van der Waals surface area contributed by atoms with Crippen LogP contribution in [0.2, 0.25) is 0 Å². The van der Waals surface area contributed by atoms with E-state index in [-0.39, 0.29) is 30.3 Å². The van der Waals surface area contributed by atoms with Gasteiger partial charge in [-0.2, -0.15) is 0 Å². The molecule has 4 nitrogen and oxygen atoms in total. The predicted octanol–water partition coefficient (Wildman–Crippen LogP) is 1.90. The van der Waals surface area contributed by atoms with Crippen molar-refractivity contribution >= 4 is 18.3 Å². The van der Waals surface area contributed by atoms with Gasteiger partial charge in [0, 0.05) is 0 Å². The standard InChI is InChI=1S/C15H22N2O2.ClH/c1-3-10(2)14(16)15(18)17-12-8-11-6-4-5-7-13(11)19-9-12;/h4-7,10,12,14H,3,8-9,16H2,1-2H3,(H,17,18);1H. The van der Waals surface area contributed by atoms with E-state index < -0.39 is 6.04 Å². The summed E-state index contributed by atoms with van der Waals surface area (Å²) in [6.07, 6.45) is 1.70. The first-order chi connectivity index (χ1) is 9.11. The summed E-state index contributed by atoms with van der Waals surface area (Å²) in [4.78, 5) is 12.0. The van der Waals surface area contributed by atoms with Crippen molar-refractivity contribution in [1.29, 1.82) is 0 Å². The molecule has 1 aromatic carbocycles. The molecule has 2 rings (SSSR count). The van der Waals surface area contributed by atoms with Crippen molar-refractivity contribution in [3.63, 3.8) is 0 Å². The van der Waals surface area contributed by atoms with Crippen LogP contribution in [0.1, 0.15) is 25.8 Å². The van der Waals surface area contributed by atoms with E-state index in [1.165, 1.54) is 0 Å². The van der Waals surface area contributed by atoms with Crippen molar-refractivity contribution in [2.24, 2.45) is 11.7 Å². The van der Waals surface area contributed by atoms with Gasteiger partial charge in [0.05, 0.1) is 12.1 Å². The highest BCUT2D eigenvalue weighted by atomic mass is 35.5. The van der Waals surface area contributed by atoms with Crippen molar-refractivity contribution in [3.8, 4) is 5.75 Å². The number of nitrogens with two attached hydrogens (primary N) is 1. The second-order valence-electron chi connectivity index (χ2n) is 5.24. The fraction of sp³-hybridized carbons (Fsp3) is 0.533. The third-order valence-electron chi connectivity index (χ3n) is 3.79. The second kappa shape index (κ2) is 7.50. The number of nitrogens with one attached hydrogen (secondary N) is 1. The van der Waals surface area contributed by atoms with E-state index in [1.807, 2.05) is 38.1 Å². The summed E-state index contributed by atoms with van der Waals surface area (Å²) < 4.78 is 5.65. The monoisotopic (exact) mass is 298 g/mol. The van der Waals surface area contributed by atoms with E-state index in [0.29, 0.717) is 6.61 Å². The number of carbonyl (C=O) groups excluding carboxylic acids is 1. The Kier molecular flexibility index (Phi) is 6.30. The number of hydrogen-bond donors (Lipinski definition) is 2. The number of rotatable bonds is 4. The second-order valence-corrected chi connectivity index (χ2v) is 5.24. The summed E-state index contributed by atoms with van der Waals surface area (Å²) in [5.74, 6) is 1.03. The van der Waals surface area contributed by atoms with Crippen molar-refractivity contribution in [2.45, 2.75) is 38.8 Å². The maximum absolute atomic E-state index is 12.0. The van der Waals surface area contributed by atoms with Gasteiger partial charge in [-0.05, 0) is 24.0 Å². The van der Waals surface area contributed by atoms with Crippen molar-refractivity contribution in [1.82, 2.24) is 5.32 Å². The molecule has 1 aromatic rings. The molecule has 0 spiro atoms. The van der Waals surface area contributed by atoms with Gasteiger partial charge in [-0.15, -0.1) is 12.4 Å². The van der Waals surface area contributed by atoms with Crippen LogP contribution in [0.4, 0.5) is 0 Å². The number of halogens is 1. The SMILES string of the molecule is CCC(C)C(N)C(=O)NC1COc2ccccc2C1.Cl. The van der Waals surface area contributed by atoms with Gasteiger partial charge in [-0.1, -0.05) is 38.5 Å². The number of carbonyl (C=O) groups is 1. The average molecular weight is 299 g/mol. The molecule has 0 fully saturated rings. The summed E-state index contributed by atoms with van der Waals surface area (Å²) in [6, 6.07) is 7.49. The molecule has 0 aliphatic carbocycles. The highest BCUT2D eigenvalue weighted by molar-refractivity contribution is 5.85. The van der Waals surface area contributed by atoms with Crippen LogP contribution in [-0.2, 0) is 11.2 Å². The molecule has 0 saturated carbocycles. The smallest absolute Gasteiger partial charge is 0.237 e. The normalized spacial score (nSPS) is 19.9. The van der Waals surface area contributed by atoms with Gasteiger partial charge in [-0.25, -0.2) is 0 Å². The predicted molar refractivity (Wildman–Crippen MR) is 82.3 cm³/mol. The van der Waals surface area contributed by atoms with Crippen LogP contribution in [-0.4, -0.2) is 24.6 Å². The lowest BCUT2D eigenvalue weighted by molar-refractivity contribution is -0.124. The topological polar surface area (TPSA) is 64.4 Å². The maximum Gasteiger partial charge on any atom is 0.237 e. The van der Waals surface area contributed by atoms with Crippen LogP contribution in [0.3, 0.4) is 0 Å². The van der Waals surface area contributed by atoms with E-state index in [9.17, 15) is 4.79 Å². The highest BCUT2D eigenvalue weighted by Gasteiger charge is 2.25. The number of hydrogen-bond acceptors (Lipinski definition) is 3. The van der Waals surface area contributed by atoms with Crippen LogP contribution in [0.5, 0.6) is 5.75 Å². The maximum atomic E-state index is 12.0. The Bertz CT molecular complexity index is 453. The van der Waals surface area contributed by atoms with Gasteiger partial charge >= 0.3 is 0 Å². The Labute approximate surface area is 126 Å². The third kappa shape index (κ3) is 3.87. The first-order valence-electron chi connectivity index (χ1n) is 6.88. The van der Waals surface area contributed by atoms with Gasteiger partial charge < -0.3 is 15.8 Å². The van der Waals surface area contributed by atoms with E-state index in [4.69, 9.17) is 10.5 Å². The molecule has 5 heteroatoms. The fourth-order valence-corrected chi connectivity index (χ4v) is 2.23. The molecule has 3 unspecified atom stereocenters. The molecule has 0 saturated heterocycles. The summed E-state index contributed by atoms with van der Waals surface area (Å²) in [6.45, 7) is 4.55. The van der Waals surface area contributed by atoms with Crippen molar-refractivity contribution in [2.75, 3.05) is 6.61 Å². The van der Waals surface area contributed by atoms with E-state index in [0.717, 1.165) is 24.2 Å². The Morgan fingerprint density at radius 3 is 2.90 bits per heavy atom. The molecule has 0 bridgehead atoms. The minimum atomic E-state index is -0.442. The number of ether oxygens (including phenoxy) is 1.